The highest BCUT2D eigenvalue weighted by Gasteiger charge is 2.24. The van der Waals surface area contributed by atoms with Gasteiger partial charge in [0.05, 0.1) is 12.8 Å². The number of piperazine rings is 1. The molecule has 3 rings (SSSR count). The minimum Gasteiger partial charge on any atom is -0.365 e. The Kier molecular flexibility index (Phi) is 4.99. The van der Waals surface area contributed by atoms with Crippen LogP contribution in [0, 0.1) is 6.92 Å². The van der Waals surface area contributed by atoms with Crippen molar-refractivity contribution in [1.82, 2.24) is 14.8 Å². The molecule has 24 heavy (non-hydrogen) atoms. The maximum absolute atomic E-state index is 12.5. The minimum absolute atomic E-state index is 0.114. The lowest BCUT2D eigenvalue weighted by Gasteiger charge is -2.35. The van der Waals surface area contributed by atoms with E-state index in [-0.39, 0.29) is 11.8 Å². The van der Waals surface area contributed by atoms with Crippen molar-refractivity contribution in [2.45, 2.75) is 19.8 Å². The standard InChI is InChI=1S/C19H23N3O2/c1-15-5-2-3-6-16(15)13-18(23)21-9-11-22(12-10-21)19(24)14-17-7-4-8-20-17/h2-8,20H,9-14H2,1H3. The first kappa shape index (κ1) is 16.3. The van der Waals surface area contributed by atoms with Crippen LogP contribution in [0.3, 0.4) is 0 Å². The Morgan fingerprint density at radius 1 is 0.917 bits per heavy atom. The number of rotatable bonds is 4. The number of H-pyrrole nitrogens is 1. The second kappa shape index (κ2) is 7.34. The van der Waals surface area contributed by atoms with E-state index in [0.717, 1.165) is 16.8 Å². The zero-order valence-electron chi connectivity index (χ0n) is 14.0. The lowest BCUT2D eigenvalue weighted by molar-refractivity contribution is -0.138. The Morgan fingerprint density at radius 3 is 2.12 bits per heavy atom. The van der Waals surface area contributed by atoms with Crippen molar-refractivity contribution in [2.75, 3.05) is 26.2 Å². The summed E-state index contributed by atoms with van der Waals surface area (Å²) in [5, 5.41) is 0. The normalized spacial score (nSPS) is 14.7. The molecule has 1 aliphatic heterocycles. The molecule has 0 unspecified atom stereocenters. The molecule has 1 aromatic heterocycles. The summed E-state index contributed by atoms with van der Waals surface area (Å²) in [6, 6.07) is 11.8. The zero-order valence-corrected chi connectivity index (χ0v) is 14.0. The van der Waals surface area contributed by atoms with Gasteiger partial charge < -0.3 is 14.8 Å². The van der Waals surface area contributed by atoms with Crippen LogP contribution < -0.4 is 0 Å². The van der Waals surface area contributed by atoms with Gasteiger partial charge in [-0.15, -0.1) is 0 Å². The third-order valence-corrected chi connectivity index (χ3v) is 4.59. The van der Waals surface area contributed by atoms with Crippen molar-refractivity contribution in [3.63, 3.8) is 0 Å². The zero-order chi connectivity index (χ0) is 16.9. The third-order valence-electron chi connectivity index (χ3n) is 4.59. The summed E-state index contributed by atoms with van der Waals surface area (Å²) in [7, 11) is 0. The number of benzene rings is 1. The minimum atomic E-state index is 0.114. The summed E-state index contributed by atoms with van der Waals surface area (Å²) >= 11 is 0. The number of aryl methyl sites for hydroxylation is 1. The average molecular weight is 325 g/mol. The van der Waals surface area contributed by atoms with Crippen molar-refractivity contribution in [3.05, 3.63) is 59.4 Å². The molecule has 2 aromatic rings. The van der Waals surface area contributed by atoms with E-state index >= 15 is 0 Å². The van der Waals surface area contributed by atoms with Crippen LogP contribution in [0.25, 0.3) is 0 Å². The number of carbonyl (C=O) groups is 2. The number of aromatic nitrogens is 1. The molecule has 0 atom stereocenters. The molecular weight excluding hydrogens is 302 g/mol. The predicted molar refractivity (Wildman–Crippen MR) is 92.5 cm³/mol. The van der Waals surface area contributed by atoms with Crippen LogP contribution in [0.15, 0.2) is 42.6 Å². The third kappa shape index (κ3) is 3.85. The summed E-state index contributed by atoms with van der Waals surface area (Å²) in [5.74, 6) is 0.254. The lowest BCUT2D eigenvalue weighted by atomic mass is 10.1. The topological polar surface area (TPSA) is 56.4 Å². The van der Waals surface area contributed by atoms with Crippen LogP contribution in [0.4, 0.5) is 0 Å². The SMILES string of the molecule is Cc1ccccc1CC(=O)N1CCN(C(=O)Cc2ccc[nH]2)CC1. The molecule has 1 aromatic carbocycles. The highest BCUT2D eigenvalue weighted by Crippen LogP contribution is 2.11. The van der Waals surface area contributed by atoms with Crippen LogP contribution in [-0.2, 0) is 22.4 Å². The van der Waals surface area contributed by atoms with E-state index in [1.165, 1.54) is 0 Å². The van der Waals surface area contributed by atoms with E-state index in [2.05, 4.69) is 4.98 Å². The molecule has 5 heteroatoms. The van der Waals surface area contributed by atoms with Crippen molar-refractivity contribution in [1.29, 1.82) is 0 Å². The molecule has 1 saturated heterocycles. The molecule has 1 aliphatic rings. The van der Waals surface area contributed by atoms with Crippen molar-refractivity contribution >= 4 is 11.8 Å². The molecule has 2 amide bonds. The van der Waals surface area contributed by atoms with E-state index in [0.29, 0.717) is 39.0 Å². The molecule has 2 heterocycles. The fourth-order valence-corrected chi connectivity index (χ4v) is 3.04. The first-order valence-corrected chi connectivity index (χ1v) is 8.36. The Labute approximate surface area is 142 Å². The summed E-state index contributed by atoms with van der Waals surface area (Å²) in [5.41, 5.74) is 3.15. The number of carbonyl (C=O) groups excluding carboxylic acids is 2. The van der Waals surface area contributed by atoms with Crippen molar-refractivity contribution < 1.29 is 9.59 Å². The van der Waals surface area contributed by atoms with Gasteiger partial charge in [-0.05, 0) is 30.2 Å². The van der Waals surface area contributed by atoms with Gasteiger partial charge in [0.15, 0.2) is 0 Å². The fraction of sp³-hybridized carbons (Fsp3) is 0.368. The van der Waals surface area contributed by atoms with Crippen molar-refractivity contribution in [2.24, 2.45) is 0 Å². The number of aromatic amines is 1. The van der Waals surface area contributed by atoms with Crippen LogP contribution in [-0.4, -0.2) is 52.8 Å². The lowest BCUT2D eigenvalue weighted by Crippen LogP contribution is -2.51. The van der Waals surface area contributed by atoms with Gasteiger partial charge >= 0.3 is 0 Å². The molecule has 0 aliphatic carbocycles. The Bertz CT molecular complexity index is 701. The average Bonchev–Trinajstić information content (AvgIpc) is 3.10. The summed E-state index contributed by atoms with van der Waals surface area (Å²) < 4.78 is 0. The van der Waals surface area contributed by atoms with Gasteiger partial charge in [0, 0.05) is 38.1 Å². The van der Waals surface area contributed by atoms with Crippen molar-refractivity contribution in [3.8, 4) is 0 Å². The monoisotopic (exact) mass is 325 g/mol. The first-order valence-electron chi connectivity index (χ1n) is 8.36. The number of nitrogens with zero attached hydrogens (tertiary/aromatic N) is 2. The van der Waals surface area contributed by atoms with Crippen LogP contribution in [0.2, 0.25) is 0 Å². The highest BCUT2D eigenvalue weighted by atomic mass is 16.2. The van der Waals surface area contributed by atoms with Gasteiger partial charge in [-0.25, -0.2) is 0 Å². The quantitative estimate of drug-likeness (QED) is 0.931. The highest BCUT2D eigenvalue weighted by molar-refractivity contribution is 5.81. The van der Waals surface area contributed by atoms with E-state index < -0.39 is 0 Å². The number of nitrogens with one attached hydrogen (secondary N) is 1. The molecule has 1 N–H and O–H groups in total. The van der Waals surface area contributed by atoms with E-state index in [4.69, 9.17) is 0 Å². The molecule has 0 bridgehead atoms. The van der Waals surface area contributed by atoms with Gasteiger partial charge in [-0.2, -0.15) is 0 Å². The summed E-state index contributed by atoms with van der Waals surface area (Å²) in [6.45, 7) is 4.47. The van der Waals surface area contributed by atoms with Crippen LogP contribution >= 0.6 is 0 Å². The van der Waals surface area contributed by atoms with Gasteiger partial charge in [0.25, 0.3) is 0 Å². The van der Waals surface area contributed by atoms with Crippen LogP contribution in [0.5, 0.6) is 0 Å². The van der Waals surface area contributed by atoms with E-state index in [1.807, 2.05) is 59.3 Å². The van der Waals surface area contributed by atoms with Gasteiger partial charge in [-0.1, -0.05) is 24.3 Å². The second-order valence-electron chi connectivity index (χ2n) is 6.24. The smallest absolute Gasteiger partial charge is 0.228 e. The predicted octanol–water partition coefficient (Wildman–Crippen LogP) is 1.78. The Balaban J connectivity index is 1.50. The van der Waals surface area contributed by atoms with E-state index in [9.17, 15) is 9.59 Å². The molecule has 1 fully saturated rings. The summed E-state index contributed by atoms with van der Waals surface area (Å²) in [6.07, 6.45) is 2.65. The Morgan fingerprint density at radius 2 is 1.54 bits per heavy atom. The number of amides is 2. The second-order valence-corrected chi connectivity index (χ2v) is 6.24. The fourth-order valence-electron chi connectivity index (χ4n) is 3.04. The maximum Gasteiger partial charge on any atom is 0.228 e. The largest absolute Gasteiger partial charge is 0.365 e. The number of hydrogen-bond donors (Lipinski definition) is 1. The Hall–Kier alpha value is -2.56. The molecular formula is C19H23N3O2. The van der Waals surface area contributed by atoms with Crippen LogP contribution in [0.1, 0.15) is 16.8 Å². The first-order chi connectivity index (χ1) is 11.6. The molecule has 5 nitrogen and oxygen atoms in total. The molecule has 0 spiro atoms. The molecule has 0 radical (unpaired) electrons. The van der Waals surface area contributed by atoms with Gasteiger partial charge in [-0.3, -0.25) is 9.59 Å². The van der Waals surface area contributed by atoms with Gasteiger partial charge in [0.2, 0.25) is 11.8 Å². The number of hydrogen-bond acceptors (Lipinski definition) is 2. The molecule has 0 saturated carbocycles. The van der Waals surface area contributed by atoms with E-state index in [1.54, 1.807) is 0 Å². The molecule has 126 valence electrons. The van der Waals surface area contributed by atoms with Gasteiger partial charge in [0.1, 0.15) is 0 Å². The summed E-state index contributed by atoms with van der Waals surface area (Å²) in [4.78, 5) is 31.5. The maximum atomic E-state index is 12.5.